The van der Waals surface area contributed by atoms with Crippen LogP contribution in [0, 0.1) is 0 Å². The topological polar surface area (TPSA) is 94.9 Å². The van der Waals surface area contributed by atoms with Crippen LogP contribution in [0.1, 0.15) is 31.1 Å². The Labute approximate surface area is 119 Å². The average molecular weight is 303 g/mol. The molecule has 7 heteroatoms. The smallest absolute Gasteiger partial charge is 0.337 e. The Kier molecular flexibility index (Phi) is 8.05. The van der Waals surface area contributed by atoms with Gasteiger partial charge in [-0.25, -0.2) is 4.79 Å². The van der Waals surface area contributed by atoms with E-state index in [0.717, 1.165) is 12.1 Å². The minimum atomic E-state index is -4.46. The fourth-order valence-corrected chi connectivity index (χ4v) is 2.22. The van der Waals surface area contributed by atoms with E-state index in [0.29, 0.717) is 0 Å². The Morgan fingerprint density at radius 2 is 1.55 bits per heavy atom. The van der Waals surface area contributed by atoms with Gasteiger partial charge in [0.15, 0.2) is 0 Å². The average Bonchev–Trinajstić information content (AvgIpc) is 2.40. The first kappa shape index (κ1) is 18.6. The zero-order valence-electron chi connectivity index (χ0n) is 11.9. The van der Waals surface area contributed by atoms with Crippen molar-refractivity contribution in [3.63, 3.8) is 0 Å². The van der Waals surface area contributed by atoms with Crippen molar-refractivity contribution in [3.8, 4) is 0 Å². The zero-order valence-corrected chi connectivity index (χ0v) is 12.7. The van der Waals surface area contributed by atoms with Crippen LogP contribution in [-0.2, 0) is 10.1 Å². The summed E-state index contributed by atoms with van der Waals surface area (Å²) in [5.41, 5.74) is -0.440. The Hall–Kier alpha value is -1.44. The fraction of sp³-hybridized carbons (Fsp3) is 0.462. The minimum absolute atomic E-state index is 0.440. The number of carbonyl (C=O) groups is 1. The van der Waals surface area contributed by atoms with Gasteiger partial charge in [0.2, 0.25) is 0 Å². The highest BCUT2D eigenvalue weighted by Gasteiger charge is 2.18. The largest absolute Gasteiger partial charge is 0.478 e. The second-order valence-corrected chi connectivity index (χ2v) is 5.29. The van der Waals surface area contributed by atoms with Crippen LogP contribution in [0.2, 0.25) is 0 Å². The van der Waals surface area contributed by atoms with Gasteiger partial charge in [-0.2, -0.15) is 8.42 Å². The van der Waals surface area contributed by atoms with Crippen molar-refractivity contribution in [2.45, 2.75) is 25.7 Å². The van der Waals surface area contributed by atoms with Crippen molar-refractivity contribution in [1.82, 2.24) is 4.90 Å². The van der Waals surface area contributed by atoms with Gasteiger partial charge in [0.05, 0.1) is 5.56 Å². The van der Waals surface area contributed by atoms with Crippen molar-refractivity contribution in [2.75, 3.05) is 19.6 Å². The van der Waals surface area contributed by atoms with Crippen molar-refractivity contribution < 1.29 is 22.9 Å². The van der Waals surface area contributed by atoms with Gasteiger partial charge < -0.3 is 10.0 Å². The highest BCUT2D eigenvalue weighted by atomic mass is 32.2. The van der Waals surface area contributed by atoms with E-state index in [-0.39, 0.29) is 0 Å². The monoisotopic (exact) mass is 303 g/mol. The number of aromatic carboxylic acids is 1. The molecule has 20 heavy (non-hydrogen) atoms. The lowest BCUT2D eigenvalue weighted by Gasteiger charge is -2.13. The molecule has 0 spiro atoms. The Morgan fingerprint density at radius 1 is 1.10 bits per heavy atom. The molecule has 0 aliphatic heterocycles. The highest BCUT2D eigenvalue weighted by Crippen LogP contribution is 2.14. The lowest BCUT2D eigenvalue weighted by Crippen LogP contribution is -2.21. The van der Waals surface area contributed by atoms with Crippen LogP contribution in [-0.4, -0.2) is 48.6 Å². The molecule has 114 valence electrons. The summed E-state index contributed by atoms with van der Waals surface area (Å²) in [5, 5.41) is 8.55. The second-order valence-electron chi connectivity index (χ2n) is 3.90. The van der Waals surface area contributed by atoms with E-state index in [1.807, 2.05) is 0 Å². The third-order valence-electron chi connectivity index (χ3n) is 2.74. The number of benzene rings is 1. The summed E-state index contributed by atoms with van der Waals surface area (Å²) >= 11 is 0. The Morgan fingerprint density at radius 3 is 1.80 bits per heavy atom. The first-order chi connectivity index (χ1) is 9.27. The Bertz CT molecular complexity index is 518. The molecule has 0 radical (unpaired) electrons. The number of nitrogens with zero attached hydrogens (tertiary/aromatic N) is 1. The van der Waals surface area contributed by atoms with Gasteiger partial charge in [0, 0.05) is 0 Å². The number of carboxylic acids is 1. The van der Waals surface area contributed by atoms with Gasteiger partial charge >= 0.3 is 5.97 Å². The number of rotatable bonds is 5. The molecule has 0 bridgehead atoms. The minimum Gasteiger partial charge on any atom is -0.478 e. The fourth-order valence-electron chi connectivity index (χ4n) is 1.54. The van der Waals surface area contributed by atoms with Crippen LogP contribution >= 0.6 is 0 Å². The third-order valence-corrected chi connectivity index (χ3v) is 3.65. The highest BCUT2D eigenvalue weighted by molar-refractivity contribution is 7.86. The van der Waals surface area contributed by atoms with E-state index in [1.165, 1.54) is 31.8 Å². The summed E-state index contributed by atoms with van der Waals surface area (Å²) in [7, 11) is -4.46. The van der Waals surface area contributed by atoms with E-state index in [2.05, 4.69) is 25.7 Å². The molecule has 0 aliphatic carbocycles. The molecule has 1 aromatic carbocycles. The summed E-state index contributed by atoms with van der Waals surface area (Å²) in [6, 6.07) is 4.83. The molecule has 0 heterocycles. The SMILES string of the molecule is CCN(CC)CC.O=C(O)c1ccccc1S(=O)(=O)O. The zero-order chi connectivity index (χ0) is 15.8. The standard InChI is InChI=1S/C7H6O5S.C6H15N/c8-7(9)5-3-1-2-4-6(5)13(10,11)12;1-4-7(5-2)6-3/h1-4H,(H,8,9)(H,10,11,12);4-6H2,1-3H3. The molecule has 0 amide bonds. The molecule has 0 fully saturated rings. The van der Waals surface area contributed by atoms with Crippen molar-refractivity contribution in [1.29, 1.82) is 0 Å². The molecule has 0 aliphatic rings. The van der Waals surface area contributed by atoms with Gasteiger partial charge in [0.25, 0.3) is 10.1 Å². The van der Waals surface area contributed by atoms with Crippen LogP contribution in [0.3, 0.4) is 0 Å². The predicted octanol–water partition coefficient (Wildman–Crippen LogP) is 1.98. The van der Waals surface area contributed by atoms with Crippen LogP contribution < -0.4 is 0 Å². The molecular formula is C13H21NO5S. The van der Waals surface area contributed by atoms with Crippen LogP contribution in [0.5, 0.6) is 0 Å². The van der Waals surface area contributed by atoms with Gasteiger partial charge in [-0.15, -0.1) is 0 Å². The molecule has 0 atom stereocenters. The molecule has 1 aromatic rings. The molecule has 0 aromatic heterocycles. The molecular weight excluding hydrogens is 282 g/mol. The van der Waals surface area contributed by atoms with Gasteiger partial charge in [-0.1, -0.05) is 32.9 Å². The summed E-state index contributed by atoms with van der Waals surface area (Å²) < 4.78 is 29.9. The van der Waals surface area contributed by atoms with E-state index >= 15 is 0 Å². The van der Waals surface area contributed by atoms with Crippen LogP contribution in [0.25, 0.3) is 0 Å². The van der Waals surface area contributed by atoms with Gasteiger partial charge in [0.1, 0.15) is 4.90 Å². The maximum atomic E-state index is 10.7. The summed E-state index contributed by atoms with van der Waals surface area (Å²) in [4.78, 5) is 12.3. The molecule has 0 saturated carbocycles. The Balaban J connectivity index is 0.000000441. The van der Waals surface area contributed by atoms with Gasteiger partial charge in [-0.3, -0.25) is 4.55 Å². The van der Waals surface area contributed by atoms with E-state index < -0.39 is 26.5 Å². The number of hydrogen-bond donors (Lipinski definition) is 2. The van der Waals surface area contributed by atoms with E-state index in [1.54, 1.807) is 0 Å². The van der Waals surface area contributed by atoms with E-state index in [9.17, 15) is 13.2 Å². The first-order valence-corrected chi connectivity index (χ1v) is 7.74. The van der Waals surface area contributed by atoms with E-state index in [4.69, 9.17) is 9.66 Å². The van der Waals surface area contributed by atoms with Gasteiger partial charge in [-0.05, 0) is 31.8 Å². The molecule has 6 nitrogen and oxygen atoms in total. The molecule has 2 N–H and O–H groups in total. The van der Waals surface area contributed by atoms with Crippen molar-refractivity contribution in [3.05, 3.63) is 29.8 Å². The predicted molar refractivity (Wildman–Crippen MR) is 76.7 cm³/mol. The molecule has 0 saturated heterocycles. The maximum absolute atomic E-state index is 10.7. The second kappa shape index (κ2) is 8.68. The summed E-state index contributed by atoms with van der Waals surface area (Å²) in [6.45, 7) is 10.1. The number of carboxylic acid groups (broad SMARTS) is 1. The van der Waals surface area contributed by atoms with Crippen molar-refractivity contribution in [2.24, 2.45) is 0 Å². The van der Waals surface area contributed by atoms with Crippen LogP contribution in [0.4, 0.5) is 0 Å². The quantitative estimate of drug-likeness (QED) is 0.808. The number of hydrogen-bond acceptors (Lipinski definition) is 4. The summed E-state index contributed by atoms with van der Waals surface area (Å²) in [5.74, 6) is -1.40. The lowest BCUT2D eigenvalue weighted by atomic mass is 10.2. The lowest BCUT2D eigenvalue weighted by molar-refractivity contribution is 0.0692. The van der Waals surface area contributed by atoms with Crippen molar-refractivity contribution >= 4 is 16.1 Å². The summed E-state index contributed by atoms with van der Waals surface area (Å²) in [6.07, 6.45) is 0. The normalized spacial score (nSPS) is 10.8. The molecule has 1 rings (SSSR count). The first-order valence-electron chi connectivity index (χ1n) is 6.30. The third kappa shape index (κ3) is 6.14. The van der Waals surface area contributed by atoms with Crippen LogP contribution in [0.15, 0.2) is 29.2 Å². The molecule has 0 unspecified atom stereocenters. The maximum Gasteiger partial charge on any atom is 0.337 e.